The molecule has 0 unspecified atom stereocenters. The number of aromatic amines is 1. The van der Waals surface area contributed by atoms with Gasteiger partial charge in [-0.1, -0.05) is 0 Å². The number of nitrogen functional groups attached to an aromatic ring is 1. The maximum absolute atomic E-state index is 13.1. The van der Waals surface area contributed by atoms with Gasteiger partial charge in [0.15, 0.2) is 11.5 Å². The molecule has 0 amide bonds. The first-order valence-electron chi connectivity index (χ1n) is 8.78. The molecule has 0 bridgehead atoms. The molecule has 1 heterocycles. The van der Waals surface area contributed by atoms with Gasteiger partial charge in [0.1, 0.15) is 17.3 Å². The van der Waals surface area contributed by atoms with E-state index in [0.717, 1.165) is 5.56 Å². The van der Waals surface area contributed by atoms with Crippen LogP contribution in [0.2, 0.25) is 0 Å². The minimum absolute atomic E-state index is 0.272. The Labute approximate surface area is 168 Å². The Hall–Kier alpha value is -3.68. The summed E-state index contributed by atoms with van der Waals surface area (Å²) < 4.78 is 21.2. The standard InChI is InChI=1S/C21H23N3O5/c1-11-18(24-21(23-11)12-6-7-15(26-2)14(22)8-12)19(25)13-9-16(27-3)20(29-5)17(10-13)28-4/h6-10H,22H2,1-5H3,(H,23,24). The van der Waals surface area contributed by atoms with Gasteiger partial charge in [-0.15, -0.1) is 0 Å². The number of methoxy groups -OCH3 is 4. The molecule has 29 heavy (non-hydrogen) atoms. The van der Waals surface area contributed by atoms with Gasteiger partial charge in [0.25, 0.3) is 0 Å². The second kappa shape index (κ2) is 8.14. The van der Waals surface area contributed by atoms with Crippen LogP contribution < -0.4 is 24.7 Å². The van der Waals surface area contributed by atoms with Crippen molar-refractivity contribution in [2.45, 2.75) is 6.92 Å². The number of carbonyl (C=O) groups excluding carboxylic acids is 1. The van der Waals surface area contributed by atoms with E-state index in [1.54, 1.807) is 38.3 Å². The van der Waals surface area contributed by atoms with E-state index in [-0.39, 0.29) is 5.78 Å². The zero-order valence-corrected chi connectivity index (χ0v) is 17.0. The first-order valence-corrected chi connectivity index (χ1v) is 8.78. The molecular formula is C21H23N3O5. The topological polar surface area (TPSA) is 109 Å². The molecular weight excluding hydrogens is 374 g/mol. The van der Waals surface area contributed by atoms with Crippen LogP contribution in [-0.2, 0) is 0 Å². The molecule has 0 aliphatic rings. The SMILES string of the molecule is COc1ccc(-c2nc(C(=O)c3cc(OC)c(OC)c(OC)c3)c(C)[nH]2)cc1N. The summed E-state index contributed by atoms with van der Waals surface area (Å²) >= 11 is 0. The van der Waals surface area contributed by atoms with Gasteiger partial charge in [-0.2, -0.15) is 0 Å². The lowest BCUT2D eigenvalue weighted by molar-refractivity contribution is 0.103. The lowest BCUT2D eigenvalue weighted by Crippen LogP contribution is -2.06. The molecule has 152 valence electrons. The fourth-order valence-electron chi connectivity index (χ4n) is 3.05. The molecule has 2 aromatic carbocycles. The second-order valence-electron chi connectivity index (χ2n) is 6.26. The molecule has 0 fully saturated rings. The molecule has 8 heteroatoms. The van der Waals surface area contributed by atoms with Crippen LogP contribution in [0.5, 0.6) is 23.0 Å². The largest absolute Gasteiger partial charge is 0.495 e. The zero-order valence-electron chi connectivity index (χ0n) is 17.0. The Morgan fingerprint density at radius 1 is 0.931 bits per heavy atom. The van der Waals surface area contributed by atoms with Gasteiger partial charge in [0, 0.05) is 16.8 Å². The Bertz CT molecular complexity index is 1030. The maximum Gasteiger partial charge on any atom is 0.213 e. The summed E-state index contributed by atoms with van der Waals surface area (Å²) in [5, 5.41) is 0. The van der Waals surface area contributed by atoms with Crippen LogP contribution >= 0.6 is 0 Å². The Balaban J connectivity index is 2.02. The van der Waals surface area contributed by atoms with E-state index in [2.05, 4.69) is 9.97 Å². The third-order valence-corrected chi connectivity index (χ3v) is 4.53. The molecule has 0 radical (unpaired) electrons. The summed E-state index contributed by atoms with van der Waals surface area (Å²) in [6.45, 7) is 1.79. The number of ketones is 1. The maximum atomic E-state index is 13.1. The third kappa shape index (κ3) is 3.69. The quantitative estimate of drug-likeness (QED) is 0.465. The first-order chi connectivity index (χ1) is 13.9. The van der Waals surface area contributed by atoms with Gasteiger partial charge < -0.3 is 29.7 Å². The van der Waals surface area contributed by atoms with Crippen molar-refractivity contribution in [2.75, 3.05) is 34.2 Å². The molecule has 0 saturated carbocycles. The van der Waals surface area contributed by atoms with E-state index in [4.69, 9.17) is 24.7 Å². The lowest BCUT2D eigenvalue weighted by atomic mass is 10.1. The van der Waals surface area contributed by atoms with Gasteiger partial charge in [-0.25, -0.2) is 4.98 Å². The van der Waals surface area contributed by atoms with Crippen molar-refractivity contribution in [3.63, 3.8) is 0 Å². The summed E-state index contributed by atoms with van der Waals surface area (Å²) in [4.78, 5) is 20.8. The van der Waals surface area contributed by atoms with Crippen LogP contribution in [0.15, 0.2) is 30.3 Å². The van der Waals surface area contributed by atoms with Crippen LogP contribution in [0.4, 0.5) is 5.69 Å². The van der Waals surface area contributed by atoms with Gasteiger partial charge in [0.2, 0.25) is 11.5 Å². The molecule has 3 rings (SSSR count). The number of carbonyl (C=O) groups is 1. The first kappa shape index (κ1) is 20.1. The average Bonchev–Trinajstić information content (AvgIpc) is 3.13. The fourth-order valence-corrected chi connectivity index (χ4v) is 3.05. The number of anilines is 1. The summed E-state index contributed by atoms with van der Waals surface area (Å²) in [7, 11) is 6.05. The van der Waals surface area contributed by atoms with Gasteiger partial charge in [-0.3, -0.25) is 4.79 Å². The van der Waals surface area contributed by atoms with E-state index in [1.165, 1.54) is 21.3 Å². The predicted octanol–water partition coefficient (Wildman–Crippen LogP) is 3.23. The minimum Gasteiger partial charge on any atom is -0.495 e. The van der Waals surface area contributed by atoms with Gasteiger partial charge >= 0.3 is 0 Å². The van der Waals surface area contributed by atoms with Gasteiger partial charge in [0.05, 0.1) is 34.1 Å². The molecule has 0 spiro atoms. The average molecular weight is 397 g/mol. The highest BCUT2D eigenvalue weighted by molar-refractivity contribution is 6.09. The molecule has 0 atom stereocenters. The molecule has 3 aromatic rings. The number of hydrogen-bond acceptors (Lipinski definition) is 7. The smallest absolute Gasteiger partial charge is 0.213 e. The Morgan fingerprint density at radius 3 is 2.07 bits per heavy atom. The summed E-state index contributed by atoms with van der Waals surface area (Å²) in [5.74, 6) is 2.04. The van der Waals surface area contributed by atoms with Crippen molar-refractivity contribution >= 4 is 11.5 Å². The summed E-state index contributed by atoms with van der Waals surface area (Å²) in [6, 6.07) is 8.51. The molecule has 0 aliphatic carbocycles. The van der Waals surface area contributed by atoms with E-state index < -0.39 is 0 Å². The Morgan fingerprint density at radius 2 is 1.55 bits per heavy atom. The number of aryl methyl sites for hydroxylation is 1. The van der Waals surface area contributed by atoms with Crippen LogP contribution in [0.1, 0.15) is 21.7 Å². The zero-order chi connectivity index (χ0) is 21.1. The molecule has 3 N–H and O–H groups in total. The number of nitrogens with zero attached hydrogens (tertiary/aromatic N) is 1. The molecule has 8 nitrogen and oxygen atoms in total. The monoisotopic (exact) mass is 397 g/mol. The van der Waals surface area contributed by atoms with Crippen molar-refractivity contribution in [3.8, 4) is 34.4 Å². The number of nitrogens with two attached hydrogens (primary N) is 1. The number of nitrogens with one attached hydrogen (secondary N) is 1. The third-order valence-electron chi connectivity index (χ3n) is 4.53. The van der Waals surface area contributed by atoms with Crippen molar-refractivity contribution in [3.05, 3.63) is 47.3 Å². The van der Waals surface area contributed by atoms with E-state index >= 15 is 0 Å². The number of hydrogen-bond donors (Lipinski definition) is 2. The van der Waals surface area contributed by atoms with E-state index in [9.17, 15) is 4.79 Å². The summed E-state index contributed by atoms with van der Waals surface area (Å²) in [6.07, 6.45) is 0. The van der Waals surface area contributed by atoms with Crippen molar-refractivity contribution < 1.29 is 23.7 Å². The van der Waals surface area contributed by atoms with Crippen LogP contribution in [0, 0.1) is 6.92 Å². The number of H-pyrrole nitrogens is 1. The number of imidazole rings is 1. The molecule has 0 saturated heterocycles. The van der Waals surface area contributed by atoms with Crippen LogP contribution in [0.25, 0.3) is 11.4 Å². The number of aromatic nitrogens is 2. The second-order valence-corrected chi connectivity index (χ2v) is 6.26. The van der Waals surface area contributed by atoms with Crippen LogP contribution in [-0.4, -0.2) is 44.2 Å². The minimum atomic E-state index is -0.272. The Kier molecular flexibility index (Phi) is 5.63. The van der Waals surface area contributed by atoms with Crippen molar-refractivity contribution in [1.29, 1.82) is 0 Å². The van der Waals surface area contributed by atoms with Crippen molar-refractivity contribution in [1.82, 2.24) is 9.97 Å². The predicted molar refractivity (Wildman–Crippen MR) is 109 cm³/mol. The highest BCUT2D eigenvalue weighted by Crippen LogP contribution is 2.39. The number of ether oxygens (including phenoxy) is 4. The fraction of sp³-hybridized carbons (Fsp3) is 0.238. The normalized spacial score (nSPS) is 10.5. The van der Waals surface area contributed by atoms with Crippen molar-refractivity contribution in [2.24, 2.45) is 0 Å². The van der Waals surface area contributed by atoms with E-state index in [1.807, 2.05) is 6.07 Å². The lowest BCUT2D eigenvalue weighted by Gasteiger charge is -2.13. The van der Waals surface area contributed by atoms with Crippen LogP contribution in [0.3, 0.4) is 0 Å². The number of benzene rings is 2. The molecule has 0 aliphatic heterocycles. The van der Waals surface area contributed by atoms with Gasteiger partial charge in [-0.05, 0) is 37.3 Å². The molecule has 1 aromatic heterocycles. The summed E-state index contributed by atoms with van der Waals surface area (Å²) in [5.41, 5.74) is 8.51. The highest BCUT2D eigenvalue weighted by atomic mass is 16.5. The van der Waals surface area contributed by atoms with E-state index in [0.29, 0.717) is 51.5 Å². The number of rotatable bonds is 7. The highest BCUT2D eigenvalue weighted by Gasteiger charge is 2.22.